The summed E-state index contributed by atoms with van der Waals surface area (Å²) >= 11 is 0.111. The van der Waals surface area contributed by atoms with E-state index in [1.54, 1.807) is 0 Å². The van der Waals surface area contributed by atoms with Crippen LogP contribution in [0.5, 0.6) is 0 Å². The van der Waals surface area contributed by atoms with Gasteiger partial charge in [-0.15, -0.1) is 0 Å². The van der Waals surface area contributed by atoms with Crippen LogP contribution in [0.2, 0.25) is 0 Å². The molecule has 0 radical (unpaired) electrons. The molecule has 0 saturated heterocycles. The Morgan fingerprint density at radius 3 is 2.36 bits per heavy atom. The first-order valence-electron chi connectivity index (χ1n) is 4.32. The zero-order chi connectivity index (χ0) is 10.6. The molecule has 0 aromatic heterocycles. The molecule has 1 aromatic rings. The number of nitrogens with one attached hydrogen (secondary N) is 1. The summed E-state index contributed by atoms with van der Waals surface area (Å²) in [4.78, 5) is 2.07. The number of hydrogen-bond donors (Lipinski definition) is 2. The van der Waals surface area contributed by atoms with Crippen LogP contribution >= 0.6 is 0 Å². The van der Waals surface area contributed by atoms with E-state index in [2.05, 4.69) is 29.2 Å². The zero-order valence-corrected chi connectivity index (χ0v) is 10.2. The van der Waals surface area contributed by atoms with Gasteiger partial charge in [0.05, 0.1) is 0 Å². The van der Waals surface area contributed by atoms with Crippen LogP contribution in [0.25, 0.3) is 0 Å². The molecule has 3 nitrogen and oxygen atoms in total. The van der Waals surface area contributed by atoms with Gasteiger partial charge in [-0.25, -0.2) is 0 Å². The predicted octanol–water partition coefficient (Wildman–Crippen LogP) is 0.850. The number of benzene rings is 1. The summed E-state index contributed by atoms with van der Waals surface area (Å²) in [5.41, 5.74) is 7.77. The Morgan fingerprint density at radius 1 is 1.36 bits per heavy atom. The van der Waals surface area contributed by atoms with Crippen LogP contribution < -0.4 is 10.6 Å². The van der Waals surface area contributed by atoms with Crippen molar-refractivity contribution in [1.82, 2.24) is 0 Å². The van der Waals surface area contributed by atoms with E-state index in [-0.39, 0.29) is 15.0 Å². The van der Waals surface area contributed by atoms with Crippen molar-refractivity contribution in [2.75, 3.05) is 19.0 Å². The van der Waals surface area contributed by atoms with E-state index in [9.17, 15) is 0 Å². The summed E-state index contributed by atoms with van der Waals surface area (Å²) in [6.45, 7) is 0. The Hall–Kier alpha value is -0.991. The van der Waals surface area contributed by atoms with Gasteiger partial charge in [-0.3, -0.25) is 0 Å². The molecule has 3 N–H and O–H groups in total. The molecule has 1 aromatic carbocycles. The van der Waals surface area contributed by atoms with Crippen LogP contribution in [0, 0.1) is 5.41 Å². The Kier molecular flexibility index (Phi) is 3.98. The molecule has 4 heteroatoms. The molecule has 0 bridgehead atoms. The number of amidine groups is 1. The van der Waals surface area contributed by atoms with Crippen LogP contribution in [-0.4, -0.2) is 33.8 Å². The average Bonchev–Trinajstić information content (AvgIpc) is 2.15. The SMILES string of the molecule is CN(C)c1ccc(C[Se]C(=N)N)cc1. The molecule has 1 rings (SSSR count). The van der Waals surface area contributed by atoms with Gasteiger partial charge in [0.15, 0.2) is 0 Å². The second kappa shape index (κ2) is 5.03. The van der Waals surface area contributed by atoms with Gasteiger partial charge < -0.3 is 0 Å². The van der Waals surface area contributed by atoms with Gasteiger partial charge in [0.25, 0.3) is 0 Å². The molecule has 0 aliphatic carbocycles. The van der Waals surface area contributed by atoms with Gasteiger partial charge in [0, 0.05) is 0 Å². The maximum atomic E-state index is 7.15. The predicted molar refractivity (Wildman–Crippen MR) is 62.1 cm³/mol. The van der Waals surface area contributed by atoms with E-state index in [1.165, 1.54) is 11.3 Å². The molecule has 0 fully saturated rings. The van der Waals surface area contributed by atoms with Crippen molar-refractivity contribution in [1.29, 1.82) is 5.41 Å². The second-order valence-electron chi connectivity index (χ2n) is 3.21. The molecule has 0 unspecified atom stereocenters. The van der Waals surface area contributed by atoms with Crippen LogP contribution in [0.1, 0.15) is 5.56 Å². The zero-order valence-electron chi connectivity index (χ0n) is 8.45. The number of rotatable bonds is 4. The van der Waals surface area contributed by atoms with Gasteiger partial charge in [-0.2, -0.15) is 0 Å². The van der Waals surface area contributed by atoms with Crippen LogP contribution in [0.15, 0.2) is 24.3 Å². The minimum atomic E-state index is 0.111. The van der Waals surface area contributed by atoms with Gasteiger partial charge in [-0.05, 0) is 0 Å². The van der Waals surface area contributed by atoms with E-state index < -0.39 is 0 Å². The summed E-state index contributed by atoms with van der Waals surface area (Å²) < 4.78 is 0.314. The van der Waals surface area contributed by atoms with Crippen molar-refractivity contribution in [2.24, 2.45) is 5.73 Å². The van der Waals surface area contributed by atoms with E-state index in [0.29, 0.717) is 4.73 Å². The van der Waals surface area contributed by atoms with Crippen LogP contribution in [0.4, 0.5) is 5.69 Å². The summed E-state index contributed by atoms with van der Waals surface area (Å²) in [5, 5.41) is 8.06. The summed E-state index contributed by atoms with van der Waals surface area (Å²) in [5.74, 6) is 0. The summed E-state index contributed by atoms with van der Waals surface area (Å²) in [7, 11) is 4.04. The third kappa shape index (κ3) is 3.40. The fraction of sp³-hybridized carbons (Fsp3) is 0.300. The average molecular weight is 256 g/mol. The van der Waals surface area contributed by atoms with Gasteiger partial charge >= 0.3 is 90.7 Å². The normalized spacial score (nSPS) is 9.86. The Balaban J connectivity index is 2.59. The fourth-order valence-electron chi connectivity index (χ4n) is 1.05. The number of nitrogens with zero attached hydrogens (tertiary/aromatic N) is 1. The standard InChI is InChI=1S/C10H15N3Se/c1-13(2)9-5-3-8(4-6-9)7-14-10(11)12/h3-6H,7H2,1-2H3,(H3,11,12). The van der Waals surface area contributed by atoms with Gasteiger partial charge in [0.1, 0.15) is 0 Å². The van der Waals surface area contributed by atoms with Gasteiger partial charge in [0.2, 0.25) is 0 Å². The molecular formula is C10H15N3Se. The molecule has 76 valence electrons. The van der Waals surface area contributed by atoms with Crippen molar-refractivity contribution in [3.63, 3.8) is 0 Å². The Bertz CT molecular complexity index is 306. The van der Waals surface area contributed by atoms with Crippen molar-refractivity contribution in [3.05, 3.63) is 29.8 Å². The van der Waals surface area contributed by atoms with E-state index in [0.717, 1.165) is 5.32 Å². The quantitative estimate of drug-likeness (QED) is 0.476. The number of nitrogens with two attached hydrogens (primary N) is 1. The van der Waals surface area contributed by atoms with Crippen molar-refractivity contribution in [2.45, 2.75) is 5.32 Å². The van der Waals surface area contributed by atoms with Crippen molar-refractivity contribution >= 4 is 25.4 Å². The molecule has 0 heterocycles. The molecule has 14 heavy (non-hydrogen) atoms. The third-order valence-corrected chi connectivity index (χ3v) is 3.50. The summed E-state index contributed by atoms with van der Waals surface area (Å²) in [6, 6.07) is 8.37. The molecule has 0 amide bonds. The molecule has 0 aliphatic rings. The number of anilines is 1. The Labute approximate surface area is 91.0 Å². The first kappa shape index (κ1) is 11.1. The summed E-state index contributed by atoms with van der Waals surface area (Å²) in [6.07, 6.45) is 0. The molecule has 0 saturated carbocycles. The molecule has 0 atom stereocenters. The molecule has 0 spiro atoms. The minimum absolute atomic E-state index is 0.111. The first-order chi connectivity index (χ1) is 6.59. The molecular weight excluding hydrogens is 241 g/mol. The van der Waals surface area contributed by atoms with Crippen LogP contribution in [-0.2, 0) is 5.32 Å². The third-order valence-electron chi connectivity index (χ3n) is 1.85. The molecule has 0 aliphatic heterocycles. The van der Waals surface area contributed by atoms with Crippen molar-refractivity contribution in [3.8, 4) is 0 Å². The van der Waals surface area contributed by atoms with Crippen LogP contribution in [0.3, 0.4) is 0 Å². The fourth-order valence-corrected chi connectivity index (χ4v) is 2.13. The second-order valence-corrected chi connectivity index (χ2v) is 5.35. The van der Waals surface area contributed by atoms with E-state index in [1.807, 2.05) is 14.1 Å². The monoisotopic (exact) mass is 257 g/mol. The maximum absolute atomic E-state index is 7.15. The van der Waals surface area contributed by atoms with Crippen molar-refractivity contribution < 1.29 is 0 Å². The Morgan fingerprint density at radius 2 is 1.93 bits per heavy atom. The number of hydrogen-bond acceptors (Lipinski definition) is 2. The van der Waals surface area contributed by atoms with Gasteiger partial charge in [-0.1, -0.05) is 0 Å². The first-order valence-corrected chi connectivity index (χ1v) is 6.39. The topological polar surface area (TPSA) is 53.1 Å². The van der Waals surface area contributed by atoms with E-state index in [4.69, 9.17) is 11.1 Å². The van der Waals surface area contributed by atoms with E-state index >= 15 is 0 Å².